The highest BCUT2D eigenvalue weighted by atomic mass is 35.6. The summed E-state index contributed by atoms with van der Waals surface area (Å²) in [7, 11) is 0. The van der Waals surface area contributed by atoms with Crippen LogP contribution in [0.25, 0.3) is 0 Å². The van der Waals surface area contributed by atoms with Gasteiger partial charge in [-0.25, -0.2) is 9.18 Å². The number of aryl methyl sites for hydroxylation is 1. The maximum Gasteiger partial charge on any atom is 0.315 e. The molecule has 8 heteroatoms. The van der Waals surface area contributed by atoms with Gasteiger partial charge in [-0.05, 0) is 41.8 Å². The molecule has 0 radical (unpaired) electrons. The molecule has 0 saturated carbocycles. The summed E-state index contributed by atoms with van der Waals surface area (Å²) in [6.07, 6.45) is 0. The molecule has 0 aliphatic carbocycles. The van der Waals surface area contributed by atoms with Crippen molar-refractivity contribution >= 4 is 52.4 Å². The molecule has 2 N–H and O–H groups in total. The van der Waals surface area contributed by atoms with E-state index < -0.39 is 21.7 Å². The van der Waals surface area contributed by atoms with Crippen LogP contribution < -0.4 is 10.6 Å². The number of rotatable bonds is 4. The highest BCUT2D eigenvalue weighted by molar-refractivity contribution is 6.68. The zero-order valence-electron chi connectivity index (χ0n) is 13.1. The molecule has 0 aromatic heterocycles. The van der Waals surface area contributed by atoms with Gasteiger partial charge in [0.25, 0.3) is 0 Å². The zero-order valence-corrected chi connectivity index (χ0v) is 16.1. The second-order valence-corrected chi connectivity index (χ2v) is 8.24. The Hall–Kier alpha value is -1.20. The first-order chi connectivity index (χ1) is 11.7. The molecule has 0 saturated heterocycles. The number of alkyl halides is 3. The molecule has 2 aromatic carbocycles. The van der Waals surface area contributed by atoms with Crippen molar-refractivity contribution in [2.24, 2.45) is 0 Å². The topological polar surface area (TPSA) is 41.1 Å². The number of hydrogen-bond donors (Lipinski definition) is 2. The maximum atomic E-state index is 13.8. The van der Waals surface area contributed by atoms with Crippen LogP contribution in [-0.2, 0) is 6.54 Å². The lowest BCUT2D eigenvalue weighted by molar-refractivity contribution is 0.236. The van der Waals surface area contributed by atoms with Crippen LogP contribution in [0.1, 0.15) is 22.7 Å². The molecular formula is C17H15Cl4FN2O. The number of hydrogen-bond acceptors (Lipinski definition) is 1. The van der Waals surface area contributed by atoms with Gasteiger partial charge >= 0.3 is 6.03 Å². The van der Waals surface area contributed by atoms with Crippen molar-refractivity contribution in [3.8, 4) is 0 Å². The second-order valence-electron chi connectivity index (χ2n) is 5.44. The average molecular weight is 424 g/mol. The highest BCUT2D eigenvalue weighted by Gasteiger charge is 2.35. The third kappa shape index (κ3) is 5.93. The van der Waals surface area contributed by atoms with Gasteiger partial charge in [0.05, 0.1) is 0 Å². The molecule has 0 heterocycles. The van der Waals surface area contributed by atoms with Crippen LogP contribution in [0.3, 0.4) is 0 Å². The van der Waals surface area contributed by atoms with Crippen molar-refractivity contribution < 1.29 is 9.18 Å². The summed E-state index contributed by atoms with van der Waals surface area (Å²) in [5.41, 5.74) is 1.66. The van der Waals surface area contributed by atoms with Crippen molar-refractivity contribution in [2.45, 2.75) is 23.3 Å². The van der Waals surface area contributed by atoms with Crippen molar-refractivity contribution in [3.05, 3.63) is 70.0 Å². The molecule has 134 valence electrons. The molecule has 25 heavy (non-hydrogen) atoms. The predicted octanol–water partition coefficient (Wildman–Crippen LogP) is 5.70. The fraction of sp³-hybridized carbons (Fsp3) is 0.235. The Balaban J connectivity index is 2.07. The summed E-state index contributed by atoms with van der Waals surface area (Å²) in [4.78, 5) is 12.1. The van der Waals surface area contributed by atoms with Crippen LogP contribution in [0.2, 0.25) is 5.02 Å². The van der Waals surface area contributed by atoms with Crippen LogP contribution >= 0.6 is 46.4 Å². The summed E-state index contributed by atoms with van der Waals surface area (Å²) in [6.45, 7) is 1.88. The Morgan fingerprint density at radius 3 is 2.36 bits per heavy atom. The van der Waals surface area contributed by atoms with Crippen LogP contribution in [-0.4, -0.2) is 9.82 Å². The third-order valence-electron chi connectivity index (χ3n) is 3.50. The van der Waals surface area contributed by atoms with Gasteiger partial charge in [0.2, 0.25) is 3.79 Å². The largest absolute Gasteiger partial charge is 0.334 e. The number of amides is 2. The van der Waals surface area contributed by atoms with Gasteiger partial charge < -0.3 is 10.6 Å². The van der Waals surface area contributed by atoms with Gasteiger partial charge in [0, 0.05) is 11.6 Å². The van der Waals surface area contributed by atoms with E-state index in [9.17, 15) is 9.18 Å². The van der Waals surface area contributed by atoms with E-state index in [1.165, 1.54) is 6.07 Å². The smallest absolute Gasteiger partial charge is 0.315 e. The normalized spacial score (nSPS) is 12.6. The standard InChI is InChI=1S/C17H15Cl4FN2O/c1-10-2-5-12(8-14(10)22)15(17(19,20)21)24-16(25)23-9-11-3-6-13(18)7-4-11/h2-8,15H,9H2,1H3,(H2,23,24,25)/t15-/m1/s1. The molecule has 0 bridgehead atoms. The Morgan fingerprint density at radius 2 is 1.80 bits per heavy atom. The quantitative estimate of drug-likeness (QED) is 0.608. The van der Waals surface area contributed by atoms with E-state index in [0.29, 0.717) is 16.1 Å². The van der Waals surface area contributed by atoms with Crippen molar-refractivity contribution in [3.63, 3.8) is 0 Å². The van der Waals surface area contributed by atoms with E-state index in [1.807, 2.05) is 0 Å². The summed E-state index contributed by atoms with van der Waals surface area (Å²) in [5.74, 6) is -0.444. The van der Waals surface area contributed by atoms with E-state index in [0.717, 1.165) is 5.56 Å². The van der Waals surface area contributed by atoms with Gasteiger partial charge in [0.15, 0.2) is 0 Å². The Kier molecular flexibility index (Phi) is 6.80. The van der Waals surface area contributed by atoms with Crippen LogP contribution in [0.5, 0.6) is 0 Å². The number of halogens is 5. The third-order valence-corrected chi connectivity index (χ3v) is 4.40. The number of nitrogens with one attached hydrogen (secondary N) is 2. The lowest BCUT2D eigenvalue weighted by atomic mass is 10.1. The minimum atomic E-state index is -1.85. The summed E-state index contributed by atoms with van der Waals surface area (Å²) < 4.78 is 12.0. The number of benzene rings is 2. The summed E-state index contributed by atoms with van der Waals surface area (Å²) in [5, 5.41) is 5.82. The van der Waals surface area contributed by atoms with E-state index in [1.54, 1.807) is 43.3 Å². The molecule has 1 atom stereocenters. The summed E-state index contributed by atoms with van der Waals surface area (Å²) >= 11 is 23.7. The molecule has 0 aliphatic heterocycles. The van der Waals surface area contributed by atoms with E-state index in [4.69, 9.17) is 46.4 Å². The SMILES string of the molecule is Cc1ccc([C@@H](NC(=O)NCc2ccc(Cl)cc2)C(Cl)(Cl)Cl)cc1F. The van der Waals surface area contributed by atoms with Gasteiger partial charge in [-0.3, -0.25) is 0 Å². The molecule has 2 amide bonds. The lowest BCUT2D eigenvalue weighted by Gasteiger charge is -2.26. The van der Waals surface area contributed by atoms with Gasteiger partial charge in [0.1, 0.15) is 11.9 Å². The van der Waals surface area contributed by atoms with Crippen molar-refractivity contribution in [1.29, 1.82) is 0 Å². The number of carbonyl (C=O) groups excluding carboxylic acids is 1. The fourth-order valence-electron chi connectivity index (χ4n) is 2.11. The molecule has 0 aliphatic rings. The van der Waals surface area contributed by atoms with Crippen molar-refractivity contribution in [1.82, 2.24) is 10.6 Å². The van der Waals surface area contributed by atoms with Crippen LogP contribution in [0, 0.1) is 12.7 Å². The van der Waals surface area contributed by atoms with E-state index in [2.05, 4.69) is 10.6 Å². The molecule has 0 fully saturated rings. The molecule has 3 nitrogen and oxygen atoms in total. The predicted molar refractivity (Wildman–Crippen MR) is 101 cm³/mol. The lowest BCUT2D eigenvalue weighted by Crippen LogP contribution is -2.42. The second kappa shape index (κ2) is 8.45. The minimum absolute atomic E-state index is 0.262. The van der Waals surface area contributed by atoms with Gasteiger partial charge in [-0.1, -0.05) is 70.7 Å². The molecule has 0 unspecified atom stereocenters. The van der Waals surface area contributed by atoms with Gasteiger partial charge in [-0.15, -0.1) is 0 Å². The Labute approximate surface area is 165 Å². The first kappa shape index (κ1) is 20.1. The number of urea groups is 1. The molecule has 2 aromatic rings. The van der Waals surface area contributed by atoms with Crippen LogP contribution in [0.4, 0.5) is 9.18 Å². The Morgan fingerprint density at radius 1 is 1.16 bits per heavy atom. The van der Waals surface area contributed by atoms with Gasteiger partial charge in [-0.2, -0.15) is 0 Å². The zero-order chi connectivity index (χ0) is 18.6. The maximum absolute atomic E-state index is 13.8. The van der Waals surface area contributed by atoms with Crippen molar-refractivity contribution in [2.75, 3.05) is 0 Å². The minimum Gasteiger partial charge on any atom is -0.334 e. The fourth-order valence-corrected chi connectivity index (χ4v) is 2.78. The Bertz CT molecular complexity index is 747. The highest BCUT2D eigenvalue weighted by Crippen LogP contribution is 2.40. The molecule has 2 rings (SSSR count). The monoisotopic (exact) mass is 422 g/mol. The molecule has 0 spiro atoms. The first-order valence-corrected chi connectivity index (χ1v) is 8.79. The van der Waals surface area contributed by atoms with E-state index >= 15 is 0 Å². The first-order valence-electron chi connectivity index (χ1n) is 7.28. The average Bonchev–Trinajstić information content (AvgIpc) is 2.54. The number of carbonyl (C=O) groups is 1. The summed E-state index contributed by atoms with van der Waals surface area (Å²) in [6, 6.07) is 9.83. The van der Waals surface area contributed by atoms with Crippen LogP contribution in [0.15, 0.2) is 42.5 Å². The molecular weight excluding hydrogens is 409 g/mol. The van der Waals surface area contributed by atoms with E-state index in [-0.39, 0.29) is 6.54 Å².